The fourth-order valence-corrected chi connectivity index (χ4v) is 2.27. The van der Waals surface area contributed by atoms with Gasteiger partial charge in [-0.2, -0.15) is 0 Å². The van der Waals surface area contributed by atoms with E-state index >= 15 is 0 Å². The monoisotopic (exact) mass is 207 g/mol. The second-order valence-electron chi connectivity index (χ2n) is 3.18. The smallest absolute Gasteiger partial charge is 0.113 e. The van der Waals surface area contributed by atoms with Crippen LogP contribution in [0.15, 0.2) is 41.1 Å². The van der Waals surface area contributed by atoms with Crippen molar-refractivity contribution < 1.29 is 4.42 Å². The Hall–Kier alpha value is -1.09. The molecule has 0 aliphatic heterocycles. The third-order valence-corrected chi connectivity index (χ3v) is 3.11. The quantitative estimate of drug-likeness (QED) is 0.767. The number of furan rings is 1. The first-order valence-corrected chi connectivity index (χ1v) is 5.72. The van der Waals surface area contributed by atoms with Gasteiger partial charge in [0.2, 0.25) is 0 Å². The van der Waals surface area contributed by atoms with Crippen LogP contribution in [0.4, 0.5) is 0 Å². The number of aromatic nitrogens is 1. The van der Waals surface area contributed by atoms with Crippen LogP contribution in [0.2, 0.25) is 0 Å². The van der Waals surface area contributed by atoms with E-state index in [9.17, 15) is 0 Å². The molecule has 2 heterocycles. The van der Waals surface area contributed by atoms with Gasteiger partial charge in [0.15, 0.2) is 0 Å². The first-order chi connectivity index (χ1) is 6.86. The van der Waals surface area contributed by atoms with Gasteiger partial charge < -0.3 is 8.98 Å². The fourth-order valence-electron chi connectivity index (χ4n) is 1.30. The maximum absolute atomic E-state index is 5.26. The standard InChI is InChI=1S/C11H13NOS/c1-12-6-2-4-10(12)8-14-9-11-5-3-7-13-11/h2-7H,8-9H2,1H3. The van der Waals surface area contributed by atoms with E-state index in [1.165, 1.54) is 5.69 Å². The van der Waals surface area contributed by atoms with Crippen LogP contribution in [0.3, 0.4) is 0 Å². The molecule has 74 valence electrons. The van der Waals surface area contributed by atoms with E-state index in [0.29, 0.717) is 0 Å². The number of aryl methyl sites for hydroxylation is 1. The summed E-state index contributed by atoms with van der Waals surface area (Å²) in [4.78, 5) is 0. The molecule has 0 radical (unpaired) electrons. The predicted molar refractivity (Wildman–Crippen MR) is 59.1 cm³/mol. The lowest BCUT2D eigenvalue weighted by molar-refractivity contribution is 0.530. The first-order valence-electron chi connectivity index (χ1n) is 4.56. The zero-order chi connectivity index (χ0) is 9.80. The molecule has 0 saturated carbocycles. The van der Waals surface area contributed by atoms with Gasteiger partial charge in [-0.05, 0) is 24.3 Å². The van der Waals surface area contributed by atoms with E-state index < -0.39 is 0 Å². The van der Waals surface area contributed by atoms with Crippen molar-refractivity contribution in [2.45, 2.75) is 11.5 Å². The Morgan fingerprint density at radius 1 is 1.29 bits per heavy atom. The Morgan fingerprint density at radius 2 is 2.21 bits per heavy atom. The van der Waals surface area contributed by atoms with Crippen molar-refractivity contribution in [3.63, 3.8) is 0 Å². The van der Waals surface area contributed by atoms with E-state index in [-0.39, 0.29) is 0 Å². The maximum atomic E-state index is 5.26. The van der Waals surface area contributed by atoms with Crippen LogP contribution in [0, 0.1) is 0 Å². The van der Waals surface area contributed by atoms with Gasteiger partial charge in [0.05, 0.1) is 12.0 Å². The summed E-state index contributed by atoms with van der Waals surface area (Å²) in [6.45, 7) is 0. The van der Waals surface area contributed by atoms with Crippen molar-refractivity contribution in [1.82, 2.24) is 4.57 Å². The third-order valence-electron chi connectivity index (χ3n) is 2.13. The van der Waals surface area contributed by atoms with Crippen molar-refractivity contribution >= 4 is 11.8 Å². The first kappa shape index (κ1) is 9.46. The lowest BCUT2D eigenvalue weighted by atomic mass is 10.5. The lowest BCUT2D eigenvalue weighted by Gasteiger charge is -2.01. The number of hydrogen-bond donors (Lipinski definition) is 0. The molecule has 0 N–H and O–H groups in total. The summed E-state index contributed by atoms with van der Waals surface area (Å²) < 4.78 is 7.40. The summed E-state index contributed by atoms with van der Waals surface area (Å²) in [5.74, 6) is 3.02. The molecule has 0 spiro atoms. The molecule has 0 amide bonds. The van der Waals surface area contributed by atoms with Gasteiger partial charge >= 0.3 is 0 Å². The molecule has 0 aliphatic rings. The molecule has 0 saturated heterocycles. The van der Waals surface area contributed by atoms with Gasteiger partial charge in [-0.25, -0.2) is 0 Å². The molecule has 3 heteroatoms. The molecule has 0 unspecified atom stereocenters. The van der Waals surface area contributed by atoms with Gasteiger partial charge in [-0.15, -0.1) is 11.8 Å². The average Bonchev–Trinajstić information content (AvgIpc) is 2.78. The number of rotatable bonds is 4. The average molecular weight is 207 g/mol. The second-order valence-corrected chi connectivity index (χ2v) is 4.17. The van der Waals surface area contributed by atoms with Crippen molar-refractivity contribution in [2.24, 2.45) is 7.05 Å². The molecule has 0 fully saturated rings. The Bertz CT molecular complexity index is 378. The molecule has 0 aliphatic carbocycles. The fraction of sp³-hybridized carbons (Fsp3) is 0.273. The van der Waals surface area contributed by atoms with Crippen molar-refractivity contribution in [2.75, 3.05) is 0 Å². The van der Waals surface area contributed by atoms with Crippen LogP contribution in [-0.2, 0) is 18.6 Å². The van der Waals surface area contributed by atoms with Crippen molar-refractivity contribution in [1.29, 1.82) is 0 Å². The molecule has 14 heavy (non-hydrogen) atoms. The van der Waals surface area contributed by atoms with Gasteiger partial charge in [-0.3, -0.25) is 0 Å². The van der Waals surface area contributed by atoms with Crippen LogP contribution in [-0.4, -0.2) is 4.57 Å². The molecule has 2 rings (SSSR count). The Labute approximate surface area is 87.9 Å². The van der Waals surface area contributed by atoms with E-state index in [2.05, 4.69) is 29.9 Å². The van der Waals surface area contributed by atoms with Crippen LogP contribution in [0.5, 0.6) is 0 Å². The summed E-state index contributed by atoms with van der Waals surface area (Å²) in [6, 6.07) is 8.16. The SMILES string of the molecule is Cn1cccc1CSCc1ccco1. The number of hydrogen-bond acceptors (Lipinski definition) is 2. The van der Waals surface area contributed by atoms with E-state index in [1.807, 2.05) is 23.9 Å². The highest BCUT2D eigenvalue weighted by Crippen LogP contribution is 2.17. The number of thioether (sulfide) groups is 1. The largest absolute Gasteiger partial charge is 0.468 e. The highest BCUT2D eigenvalue weighted by molar-refractivity contribution is 7.97. The predicted octanol–water partition coefficient (Wildman–Crippen LogP) is 3.05. The summed E-state index contributed by atoms with van der Waals surface area (Å²) in [7, 11) is 2.07. The molecular formula is C11H13NOS. The minimum atomic E-state index is 0.943. The molecule has 2 aromatic rings. The minimum absolute atomic E-state index is 0.943. The normalized spacial score (nSPS) is 10.6. The topological polar surface area (TPSA) is 18.1 Å². The van der Waals surface area contributed by atoms with E-state index in [4.69, 9.17) is 4.42 Å². The van der Waals surface area contributed by atoms with Gasteiger partial charge in [-0.1, -0.05) is 0 Å². The van der Waals surface area contributed by atoms with Gasteiger partial charge in [0.1, 0.15) is 5.76 Å². The maximum Gasteiger partial charge on any atom is 0.113 e. The van der Waals surface area contributed by atoms with Crippen LogP contribution < -0.4 is 0 Å². The van der Waals surface area contributed by atoms with Crippen LogP contribution in [0.1, 0.15) is 11.5 Å². The summed E-state index contributed by atoms with van der Waals surface area (Å²) in [5, 5.41) is 0. The molecule has 0 atom stereocenters. The third kappa shape index (κ3) is 2.23. The van der Waals surface area contributed by atoms with Gasteiger partial charge in [0, 0.05) is 24.7 Å². The van der Waals surface area contributed by atoms with Gasteiger partial charge in [0.25, 0.3) is 0 Å². The molecule has 0 bridgehead atoms. The highest BCUT2D eigenvalue weighted by atomic mass is 32.2. The molecular weight excluding hydrogens is 194 g/mol. The zero-order valence-electron chi connectivity index (χ0n) is 8.14. The van der Waals surface area contributed by atoms with Crippen LogP contribution in [0.25, 0.3) is 0 Å². The number of nitrogens with zero attached hydrogens (tertiary/aromatic N) is 1. The Kier molecular flexibility index (Phi) is 2.99. The second kappa shape index (κ2) is 4.42. The summed E-state index contributed by atoms with van der Waals surface area (Å²) >= 11 is 1.87. The van der Waals surface area contributed by atoms with E-state index in [0.717, 1.165) is 17.3 Å². The Balaban J connectivity index is 1.81. The summed E-state index contributed by atoms with van der Waals surface area (Å²) in [5.41, 5.74) is 1.35. The molecule has 2 aromatic heterocycles. The van der Waals surface area contributed by atoms with Crippen LogP contribution >= 0.6 is 11.8 Å². The van der Waals surface area contributed by atoms with E-state index in [1.54, 1.807) is 6.26 Å². The zero-order valence-corrected chi connectivity index (χ0v) is 8.96. The lowest BCUT2D eigenvalue weighted by Crippen LogP contribution is -1.92. The summed E-state index contributed by atoms with van der Waals surface area (Å²) in [6.07, 6.45) is 3.79. The molecule has 0 aromatic carbocycles. The minimum Gasteiger partial charge on any atom is -0.468 e. The van der Waals surface area contributed by atoms with Crippen molar-refractivity contribution in [3.05, 3.63) is 48.2 Å². The highest BCUT2D eigenvalue weighted by Gasteiger charge is 1.99. The Morgan fingerprint density at radius 3 is 2.86 bits per heavy atom. The molecule has 2 nitrogen and oxygen atoms in total. The van der Waals surface area contributed by atoms with Crippen molar-refractivity contribution in [3.8, 4) is 0 Å².